The third-order valence-electron chi connectivity index (χ3n) is 1.28. The highest BCUT2D eigenvalue weighted by Crippen LogP contribution is 2.00. The maximum Gasteiger partial charge on any atom is 0.0519 e. The van der Waals surface area contributed by atoms with Crippen LogP contribution >= 0.6 is 0 Å². The average Bonchev–Trinajstić information content (AvgIpc) is 2.16. The van der Waals surface area contributed by atoms with Crippen LogP contribution in [-0.4, -0.2) is 6.21 Å². The standard InChI is InChI=1S/C9H14N2.C2H6/c1-5-9(6-10)11-8(4)7(2)3;1-2/h5-6,10-11H,2,4H2,1,3H3;1-2H3/b9-5+,10-6?;. The molecule has 2 heteroatoms. The van der Waals surface area contributed by atoms with Crippen molar-refractivity contribution in [3.8, 4) is 0 Å². The van der Waals surface area contributed by atoms with E-state index in [9.17, 15) is 0 Å². The van der Waals surface area contributed by atoms with Crippen LogP contribution in [0.25, 0.3) is 0 Å². The monoisotopic (exact) mass is 180 g/mol. The fourth-order valence-electron chi connectivity index (χ4n) is 0.473. The predicted octanol–water partition coefficient (Wildman–Crippen LogP) is 3.25. The Morgan fingerprint density at radius 3 is 2.00 bits per heavy atom. The van der Waals surface area contributed by atoms with Crippen LogP contribution in [0.2, 0.25) is 0 Å². The lowest BCUT2D eigenvalue weighted by molar-refractivity contribution is 1.04. The van der Waals surface area contributed by atoms with Gasteiger partial charge in [-0.15, -0.1) is 0 Å². The summed E-state index contributed by atoms with van der Waals surface area (Å²) in [5.41, 5.74) is 2.37. The van der Waals surface area contributed by atoms with Crippen LogP contribution in [0.15, 0.2) is 36.2 Å². The largest absolute Gasteiger partial charge is 0.355 e. The molecule has 0 aliphatic heterocycles. The smallest absolute Gasteiger partial charge is 0.0519 e. The second kappa shape index (κ2) is 8.78. The summed E-state index contributed by atoms with van der Waals surface area (Å²) < 4.78 is 0. The van der Waals surface area contributed by atoms with Gasteiger partial charge in [0.1, 0.15) is 0 Å². The van der Waals surface area contributed by atoms with Gasteiger partial charge in [-0.25, -0.2) is 0 Å². The van der Waals surface area contributed by atoms with Crippen molar-refractivity contribution in [2.45, 2.75) is 27.7 Å². The van der Waals surface area contributed by atoms with Crippen LogP contribution in [-0.2, 0) is 0 Å². The van der Waals surface area contributed by atoms with Crippen molar-refractivity contribution in [3.63, 3.8) is 0 Å². The third-order valence-corrected chi connectivity index (χ3v) is 1.28. The first-order chi connectivity index (χ1) is 6.11. The lowest BCUT2D eigenvalue weighted by atomic mass is 10.2. The summed E-state index contributed by atoms with van der Waals surface area (Å²) in [6, 6.07) is 0. The van der Waals surface area contributed by atoms with Gasteiger partial charge < -0.3 is 10.7 Å². The van der Waals surface area contributed by atoms with E-state index in [2.05, 4.69) is 18.5 Å². The summed E-state index contributed by atoms with van der Waals surface area (Å²) in [6.07, 6.45) is 3.05. The molecule has 0 saturated carbocycles. The van der Waals surface area contributed by atoms with Gasteiger partial charge in [0.05, 0.1) is 5.70 Å². The number of hydrogen-bond acceptors (Lipinski definition) is 2. The lowest BCUT2D eigenvalue weighted by Crippen LogP contribution is -2.12. The minimum atomic E-state index is 0.734. The fourth-order valence-corrected chi connectivity index (χ4v) is 0.473. The Morgan fingerprint density at radius 2 is 1.77 bits per heavy atom. The van der Waals surface area contributed by atoms with Crippen LogP contribution in [0.1, 0.15) is 27.7 Å². The van der Waals surface area contributed by atoms with Crippen molar-refractivity contribution in [1.82, 2.24) is 5.32 Å². The van der Waals surface area contributed by atoms with Crippen LogP contribution in [0.3, 0.4) is 0 Å². The first kappa shape index (κ1) is 14.2. The quantitative estimate of drug-likeness (QED) is 0.505. The van der Waals surface area contributed by atoms with Crippen molar-refractivity contribution in [2.75, 3.05) is 0 Å². The lowest BCUT2D eigenvalue weighted by Gasteiger charge is -2.07. The van der Waals surface area contributed by atoms with Crippen molar-refractivity contribution in [2.24, 2.45) is 0 Å². The first-order valence-corrected chi connectivity index (χ1v) is 4.40. The minimum absolute atomic E-state index is 0.734. The average molecular weight is 180 g/mol. The molecule has 0 saturated heterocycles. The molecule has 0 spiro atoms. The summed E-state index contributed by atoms with van der Waals surface area (Å²) in [5.74, 6) is 0. The predicted molar refractivity (Wildman–Crippen MR) is 61.0 cm³/mol. The molecule has 74 valence electrons. The van der Waals surface area contributed by atoms with Gasteiger partial charge in [0, 0.05) is 11.9 Å². The van der Waals surface area contributed by atoms with Crippen molar-refractivity contribution in [1.29, 1.82) is 5.41 Å². The minimum Gasteiger partial charge on any atom is -0.355 e. The molecule has 0 fully saturated rings. The maximum absolute atomic E-state index is 6.97. The molecule has 0 aliphatic carbocycles. The van der Waals surface area contributed by atoms with E-state index in [1.165, 1.54) is 6.21 Å². The number of rotatable bonds is 4. The maximum atomic E-state index is 6.97. The van der Waals surface area contributed by atoms with E-state index < -0.39 is 0 Å². The molecule has 0 bridgehead atoms. The van der Waals surface area contributed by atoms with E-state index >= 15 is 0 Å². The molecule has 2 N–H and O–H groups in total. The molecule has 13 heavy (non-hydrogen) atoms. The zero-order valence-electron chi connectivity index (χ0n) is 9.07. The molecule has 0 aromatic rings. The summed E-state index contributed by atoms with van der Waals surface area (Å²) in [4.78, 5) is 0. The molecule has 2 nitrogen and oxygen atoms in total. The molecule has 0 aliphatic rings. The van der Waals surface area contributed by atoms with Gasteiger partial charge in [0.2, 0.25) is 0 Å². The molecule has 0 atom stereocenters. The van der Waals surface area contributed by atoms with Crippen LogP contribution in [0, 0.1) is 5.41 Å². The Morgan fingerprint density at radius 1 is 1.31 bits per heavy atom. The van der Waals surface area contributed by atoms with Gasteiger partial charge in [-0.05, 0) is 19.4 Å². The second-order valence-electron chi connectivity index (χ2n) is 2.27. The Bertz CT molecular complexity index is 212. The number of allylic oxidation sites excluding steroid dienone is 3. The molecule has 0 amide bonds. The van der Waals surface area contributed by atoms with Crippen molar-refractivity contribution in [3.05, 3.63) is 36.2 Å². The second-order valence-corrected chi connectivity index (χ2v) is 2.27. The molecule has 0 heterocycles. The topological polar surface area (TPSA) is 35.9 Å². The SMILES string of the molecule is C=C(C)C(=C)N/C(C=N)=C/C.CC. The zero-order valence-corrected chi connectivity index (χ0v) is 9.07. The third kappa shape index (κ3) is 7.06. The van der Waals surface area contributed by atoms with Crippen LogP contribution < -0.4 is 5.32 Å². The van der Waals surface area contributed by atoms with E-state index in [0.717, 1.165) is 17.0 Å². The molecule has 0 aromatic carbocycles. The highest BCUT2D eigenvalue weighted by atomic mass is 14.9. The van der Waals surface area contributed by atoms with E-state index in [1.807, 2.05) is 27.7 Å². The molecular formula is C11H20N2. The molecule has 0 rings (SSSR count). The summed E-state index contributed by atoms with van der Waals surface area (Å²) in [5, 5.41) is 9.91. The van der Waals surface area contributed by atoms with Gasteiger partial charge in [-0.1, -0.05) is 33.1 Å². The fraction of sp³-hybridized carbons (Fsp3) is 0.364. The van der Waals surface area contributed by atoms with Crippen molar-refractivity contribution < 1.29 is 0 Å². The highest BCUT2D eigenvalue weighted by molar-refractivity contribution is 5.75. The summed E-state index contributed by atoms with van der Waals surface area (Å²) in [6.45, 7) is 15.2. The van der Waals surface area contributed by atoms with Gasteiger partial charge in [0.15, 0.2) is 0 Å². The van der Waals surface area contributed by atoms with Gasteiger partial charge in [-0.2, -0.15) is 0 Å². The molecular weight excluding hydrogens is 160 g/mol. The zero-order chi connectivity index (χ0) is 10.9. The van der Waals surface area contributed by atoms with Gasteiger partial charge in [-0.3, -0.25) is 0 Å². The Labute approximate surface area is 81.6 Å². The summed E-state index contributed by atoms with van der Waals surface area (Å²) >= 11 is 0. The number of nitrogens with one attached hydrogen (secondary N) is 2. The molecule has 0 aromatic heterocycles. The van der Waals surface area contributed by atoms with Gasteiger partial charge in [0.25, 0.3) is 0 Å². The Balaban J connectivity index is 0. The van der Waals surface area contributed by atoms with Gasteiger partial charge >= 0.3 is 0 Å². The van der Waals surface area contributed by atoms with E-state index in [-0.39, 0.29) is 0 Å². The first-order valence-electron chi connectivity index (χ1n) is 4.40. The summed E-state index contributed by atoms with van der Waals surface area (Å²) in [7, 11) is 0. The van der Waals surface area contributed by atoms with E-state index in [1.54, 1.807) is 6.08 Å². The van der Waals surface area contributed by atoms with Crippen LogP contribution in [0.5, 0.6) is 0 Å². The highest BCUT2D eigenvalue weighted by Gasteiger charge is 1.93. The molecule has 0 radical (unpaired) electrons. The van der Waals surface area contributed by atoms with Crippen molar-refractivity contribution >= 4 is 6.21 Å². The number of hydrogen-bond donors (Lipinski definition) is 2. The van der Waals surface area contributed by atoms with E-state index in [4.69, 9.17) is 5.41 Å². The Hall–Kier alpha value is -1.31. The Kier molecular flexibility index (Phi) is 9.61. The van der Waals surface area contributed by atoms with Crippen LogP contribution in [0.4, 0.5) is 0 Å². The van der Waals surface area contributed by atoms with E-state index in [0.29, 0.717) is 0 Å². The normalized spacial score (nSPS) is 9.38. The molecule has 0 unspecified atom stereocenters.